The van der Waals surface area contributed by atoms with Crippen molar-refractivity contribution < 1.29 is 4.74 Å². The predicted octanol–water partition coefficient (Wildman–Crippen LogP) is 2.02. The zero-order valence-electron chi connectivity index (χ0n) is 12.0. The van der Waals surface area contributed by atoms with E-state index in [0.29, 0.717) is 17.7 Å². The van der Waals surface area contributed by atoms with E-state index in [0.717, 1.165) is 12.5 Å². The third-order valence-electron chi connectivity index (χ3n) is 5.46. The molecule has 2 heterocycles. The molecule has 3 rings (SSSR count). The minimum absolute atomic E-state index is 0.454. The van der Waals surface area contributed by atoms with Gasteiger partial charge in [-0.05, 0) is 39.0 Å². The van der Waals surface area contributed by atoms with Crippen molar-refractivity contribution in [3.63, 3.8) is 0 Å². The number of hydrogen-bond acceptors (Lipinski definition) is 3. The predicted molar refractivity (Wildman–Crippen MR) is 73.8 cm³/mol. The minimum Gasteiger partial charge on any atom is -0.378 e. The molecule has 1 N–H and O–H groups in total. The lowest BCUT2D eigenvalue weighted by Gasteiger charge is -2.46. The van der Waals surface area contributed by atoms with Crippen LogP contribution in [0.25, 0.3) is 0 Å². The summed E-state index contributed by atoms with van der Waals surface area (Å²) in [5.74, 6) is 0.754. The van der Waals surface area contributed by atoms with E-state index in [1.807, 2.05) is 0 Å². The SMILES string of the molecule is CC1OCCC1CN1CC2(CCCC2)NCC1C. The Morgan fingerprint density at radius 1 is 1.28 bits per heavy atom. The maximum atomic E-state index is 5.72. The smallest absolute Gasteiger partial charge is 0.0588 e. The highest BCUT2D eigenvalue weighted by Gasteiger charge is 2.41. The Labute approximate surface area is 111 Å². The number of piperazine rings is 1. The van der Waals surface area contributed by atoms with Gasteiger partial charge in [0.1, 0.15) is 0 Å². The van der Waals surface area contributed by atoms with Crippen molar-refractivity contribution in [3.8, 4) is 0 Å². The molecule has 3 fully saturated rings. The molecule has 1 saturated carbocycles. The van der Waals surface area contributed by atoms with Gasteiger partial charge in [0, 0.05) is 37.8 Å². The zero-order valence-corrected chi connectivity index (χ0v) is 12.0. The van der Waals surface area contributed by atoms with E-state index in [-0.39, 0.29) is 0 Å². The quantitative estimate of drug-likeness (QED) is 0.814. The van der Waals surface area contributed by atoms with Crippen LogP contribution in [0.15, 0.2) is 0 Å². The summed E-state index contributed by atoms with van der Waals surface area (Å²) >= 11 is 0. The maximum Gasteiger partial charge on any atom is 0.0588 e. The van der Waals surface area contributed by atoms with Crippen LogP contribution < -0.4 is 5.32 Å². The molecule has 0 radical (unpaired) electrons. The molecular formula is C15H28N2O. The third kappa shape index (κ3) is 2.45. The Bertz CT molecular complexity index is 288. The van der Waals surface area contributed by atoms with Gasteiger partial charge in [-0.25, -0.2) is 0 Å². The first-order valence-corrected chi connectivity index (χ1v) is 7.79. The lowest BCUT2D eigenvalue weighted by molar-refractivity contribution is 0.0505. The summed E-state index contributed by atoms with van der Waals surface area (Å²) in [6, 6.07) is 0.684. The van der Waals surface area contributed by atoms with Crippen molar-refractivity contribution >= 4 is 0 Å². The van der Waals surface area contributed by atoms with Crippen LogP contribution in [0.3, 0.4) is 0 Å². The van der Waals surface area contributed by atoms with Gasteiger partial charge < -0.3 is 10.1 Å². The van der Waals surface area contributed by atoms with E-state index in [2.05, 4.69) is 24.1 Å². The second-order valence-corrected chi connectivity index (χ2v) is 6.77. The van der Waals surface area contributed by atoms with Gasteiger partial charge in [-0.3, -0.25) is 4.90 Å². The average Bonchev–Trinajstić information content (AvgIpc) is 2.96. The maximum absolute atomic E-state index is 5.72. The third-order valence-corrected chi connectivity index (χ3v) is 5.46. The van der Waals surface area contributed by atoms with Crippen LogP contribution in [-0.4, -0.2) is 48.8 Å². The largest absolute Gasteiger partial charge is 0.378 e. The molecule has 3 heteroatoms. The van der Waals surface area contributed by atoms with E-state index < -0.39 is 0 Å². The molecule has 18 heavy (non-hydrogen) atoms. The Hall–Kier alpha value is -0.120. The highest BCUT2D eigenvalue weighted by Crippen LogP contribution is 2.34. The van der Waals surface area contributed by atoms with Gasteiger partial charge in [0.15, 0.2) is 0 Å². The summed E-state index contributed by atoms with van der Waals surface area (Å²) in [7, 11) is 0. The first kappa shape index (κ1) is 12.9. The van der Waals surface area contributed by atoms with Crippen molar-refractivity contribution in [1.82, 2.24) is 10.2 Å². The Morgan fingerprint density at radius 3 is 2.72 bits per heavy atom. The normalized spacial score (nSPS) is 40.7. The molecule has 2 aliphatic heterocycles. The molecule has 104 valence electrons. The monoisotopic (exact) mass is 252 g/mol. The fourth-order valence-corrected chi connectivity index (χ4v) is 4.04. The highest BCUT2D eigenvalue weighted by atomic mass is 16.5. The number of nitrogens with zero attached hydrogens (tertiary/aromatic N) is 1. The summed E-state index contributed by atoms with van der Waals surface area (Å²) in [5, 5.41) is 3.84. The molecule has 0 amide bonds. The topological polar surface area (TPSA) is 24.5 Å². The molecule has 3 atom stereocenters. The van der Waals surface area contributed by atoms with Crippen LogP contribution in [0.2, 0.25) is 0 Å². The van der Waals surface area contributed by atoms with Gasteiger partial charge in [0.2, 0.25) is 0 Å². The number of hydrogen-bond donors (Lipinski definition) is 1. The lowest BCUT2D eigenvalue weighted by atomic mass is 9.91. The van der Waals surface area contributed by atoms with Crippen LogP contribution in [0.1, 0.15) is 46.0 Å². The molecule has 2 saturated heterocycles. The zero-order chi connectivity index (χ0) is 12.6. The van der Waals surface area contributed by atoms with E-state index in [9.17, 15) is 0 Å². The molecule has 1 aliphatic carbocycles. The van der Waals surface area contributed by atoms with Crippen LogP contribution in [-0.2, 0) is 4.74 Å². The first-order chi connectivity index (χ1) is 8.69. The van der Waals surface area contributed by atoms with Gasteiger partial charge in [-0.2, -0.15) is 0 Å². The van der Waals surface area contributed by atoms with Crippen LogP contribution in [0, 0.1) is 5.92 Å². The van der Waals surface area contributed by atoms with E-state index in [1.54, 1.807) is 0 Å². The van der Waals surface area contributed by atoms with Gasteiger partial charge in [0.05, 0.1) is 6.10 Å². The Balaban J connectivity index is 1.62. The Kier molecular flexibility index (Phi) is 3.65. The summed E-state index contributed by atoms with van der Waals surface area (Å²) < 4.78 is 5.72. The molecule has 3 unspecified atom stereocenters. The molecule has 1 spiro atoms. The molecule has 0 aromatic carbocycles. The number of nitrogens with one attached hydrogen (secondary N) is 1. The lowest BCUT2D eigenvalue weighted by Crippen LogP contribution is -2.63. The van der Waals surface area contributed by atoms with Gasteiger partial charge in [-0.15, -0.1) is 0 Å². The molecule has 3 nitrogen and oxygen atoms in total. The second kappa shape index (κ2) is 5.10. The van der Waals surface area contributed by atoms with Crippen molar-refractivity contribution in [2.24, 2.45) is 5.92 Å². The van der Waals surface area contributed by atoms with Crippen LogP contribution in [0.4, 0.5) is 0 Å². The standard InChI is InChI=1S/C15H28N2O/c1-12-9-16-15(6-3-4-7-15)11-17(12)10-14-5-8-18-13(14)2/h12-14,16H,3-11H2,1-2H3. The summed E-state index contributed by atoms with van der Waals surface area (Å²) in [4.78, 5) is 2.73. The highest BCUT2D eigenvalue weighted by molar-refractivity contribution is 5.00. The van der Waals surface area contributed by atoms with E-state index in [4.69, 9.17) is 4.74 Å². The second-order valence-electron chi connectivity index (χ2n) is 6.77. The molecule has 0 aromatic rings. The van der Waals surface area contributed by atoms with Gasteiger partial charge >= 0.3 is 0 Å². The van der Waals surface area contributed by atoms with Crippen molar-refractivity contribution in [1.29, 1.82) is 0 Å². The minimum atomic E-state index is 0.454. The number of ether oxygens (including phenoxy) is 1. The fourth-order valence-electron chi connectivity index (χ4n) is 4.04. The van der Waals surface area contributed by atoms with E-state index in [1.165, 1.54) is 51.7 Å². The molecule has 0 aromatic heterocycles. The van der Waals surface area contributed by atoms with Crippen LogP contribution in [0.5, 0.6) is 0 Å². The Morgan fingerprint density at radius 2 is 2.06 bits per heavy atom. The number of rotatable bonds is 2. The van der Waals surface area contributed by atoms with Gasteiger partial charge in [-0.1, -0.05) is 12.8 Å². The van der Waals surface area contributed by atoms with E-state index >= 15 is 0 Å². The fraction of sp³-hybridized carbons (Fsp3) is 1.00. The van der Waals surface area contributed by atoms with Gasteiger partial charge in [0.25, 0.3) is 0 Å². The van der Waals surface area contributed by atoms with Crippen molar-refractivity contribution in [2.75, 3.05) is 26.2 Å². The summed E-state index contributed by atoms with van der Waals surface area (Å²) in [5.41, 5.74) is 0.454. The first-order valence-electron chi connectivity index (χ1n) is 7.79. The molecular weight excluding hydrogens is 224 g/mol. The van der Waals surface area contributed by atoms with Crippen LogP contribution >= 0.6 is 0 Å². The molecule has 0 bridgehead atoms. The molecule has 3 aliphatic rings. The van der Waals surface area contributed by atoms with Crippen molar-refractivity contribution in [3.05, 3.63) is 0 Å². The summed E-state index contributed by atoms with van der Waals surface area (Å²) in [6.45, 7) is 9.26. The summed E-state index contributed by atoms with van der Waals surface area (Å²) in [6.07, 6.45) is 7.31. The van der Waals surface area contributed by atoms with Crippen molar-refractivity contribution in [2.45, 2.75) is 63.6 Å². The average molecular weight is 252 g/mol.